The molecule has 0 aromatic heterocycles. The summed E-state index contributed by atoms with van der Waals surface area (Å²) in [7, 11) is 1.47. The molecular weight excluding hydrogens is 463 g/mol. The van der Waals surface area contributed by atoms with Crippen molar-refractivity contribution >= 4 is 40.6 Å². The summed E-state index contributed by atoms with van der Waals surface area (Å²) in [5, 5.41) is 10.7. The standard InChI is InChI=1S/C23H27Cl3O5/c1-22(2,15-5-7-18(8-6-15)30-12-17(27)11-29-4)16-9-19(25)21(20(26)10-16)31-14-23(3,28)13-24/h5-10,28H,11-14H2,1-4H3/t23-/m1/s1. The number of aliphatic hydroxyl groups is 1. The minimum absolute atomic E-state index is 0.0214. The van der Waals surface area contributed by atoms with Gasteiger partial charge in [0.1, 0.15) is 31.2 Å². The zero-order valence-corrected chi connectivity index (χ0v) is 20.3. The summed E-state index contributed by atoms with van der Waals surface area (Å²) < 4.78 is 15.9. The number of hydrogen-bond donors (Lipinski definition) is 1. The highest BCUT2D eigenvalue weighted by molar-refractivity contribution is 6.37. The maximum atomic E-state index is 11.5. The van der Waals surface area contributed by atoms with Gasteiger partial charge in [0.2, 0.25) is 0 Å². The first-order chi connectivity index (χ1) is 14.5. The van der Waals surface area contributed by atoms with Crippen molar-refractivity contribution in [1.29, 1.82) is 0 Å². The first-order valence-corrected chi connectivity index (χ1v) is 10.9. The number of carbonyl (C=O) groups is 1. The SMILES string of the molecule is COCC(=O)COc1ccc(C(C)(C)c2cc(Cl)c(OC[C@](C)(O)CCl)c(Cl)c2)cc1. The number of carbonyl (C=O) groups excluding carboxylic acids is 1. The Kier molecular flexibility index (Phi) is 9.04. The summed E-state index contributed by atoms with van der Waals surface area (Å²) in [6, 6.07) is 11.1. The maximum Gasteiger partial charge on any atom is 0.195 e. The molecule has 0 heterocycles. The monoisotopic (exact) mass is 488 g/mol. The molecule has 31 heavy (non-hydrogen) atoms. The van der Waals surface area contributed by atoms with Crippen molar-refractivity contribution in [3.63, 3.8) is 0 Å². The molecule has 170 valence electrons. The number of halogens is 3. The van der Waals surface area contributed by atoms with Gasteiger partial charge in [-0.3, -0.25) is 4.79 Å². The summed E-state index contributed by atoms with van der Waals surface area (Å²) in [4.78, 5) is 11.5. The third-order valence-electron chi connectivity index (χ3n) is 4.82. The number of benzene rings is 2. The molecule has 0 amide bonds. The molecule has 0 unspecified atom stereocenters. The molecule has 8 heteroatoms. The summed E-state index contributed by atoms with van der Waals surface area (Å²) in [6.07, 6.45) is 0. The van der Waals surface area contributed by atoms with Gasteiger partial charge in [0, 0.05) is 12.5 Å². The molecule has 0 fully saturated rings. The van der Waals surface area contributed by atoms with E-state index in [9.17, 15) is 9.90 Å². The lowest BCUT2D eigenvalue weighted by atomic mass is 9.78. The van der Waals surface area contributed by atoms with Crippen LogP contribution in [-0.4, -0.2) is 49.3 Å². The Hall–Kier alpha value is -1.50. The van der Waals surface area contributed by atoms with Gasteiger partial charge < -0.3 is 19.3 Å². The van der Waals surface area contributed by atoms with Crippen LogP contribution in [0.1, 0.15) is 31.9 Å². The molecule has 0 saturated carbocycles. The minimum Gasteiger partial charge on any atom is -0.487 e. The van der Waals surface area contributed by atoms with Gasteiger partial charge in [0.05, 0.1) is 15.9 Å². The molecule has 2 aromatic carbocycles. The van der Waals surface area contributed by atoms with Crippen molar-refractivity contribution in [3.8, 4) is 11.5 Å². The highest BCUT2D eigenvalue weighted by Crippen LogP contribution is 2.41. The summed E-state index contributed by atoms with van der Waals surface area (Å²) in [5.74, 6) is 0.784. The molecule has 1 N–H and O–H groups in total. The molecule has 0 aliphatic heterocycles. The Labute approximate surface area is 198 Å². The Balaban J connectivity index is 2.18. The predicted octanol–water partition coefficient (Wildman–Crippen LogP) is 5.28. The molecule has 5 nitrogen and oxygen atoms in total. The van der Waals surface area contributed by atoms with Gasteiger partial charge in [0.25, 0.3) is 0 Å². The fraction of sp³-hybridized carbons (Fsp3) is 0.435. The van der Waals surface area contributed by atoms with E-state index in [2.05, 4.69) is 0 Å². The van der Waals surface area contributed by atoms with Gasteiger partial charge in [-0.2, -0.15) is 0 Å². The van der Waals surface area contributed by atoms with Crippen LogP contribution < -0.4 is 9.47 Å². The van der Waals surface area contributed by atoms with E-state index in [0.29, 0.717) is 21.5 Å². The van der Waals surface area contributed by atoms with E-state index >= 15 is 0 Å². The quantitative estimate of drug-likeness (QED) is 0.435. The summed E-state index contributed by atoms with van der Waals surface area (Å²) >= 11 is 18.6. The molecule has 0 aliphatic carbocycles. The fourth-order valence-corrected chi connectivity index (χ4v) is 3.50. The van der Waals surface area contributed by atoms with Crippen LogP contribution in [0.15, 0.2) is 36.4 Å². The van der Waals surface area contributed by atoms with E-state index in [1.807, 2.05) is 38.1 Å². The van der Waals surface area contributed by atoms with Crippen molar-refractivity contribution in [1.82, 2.24) is 0 Å². The Bertz CT molecular complexity index is 872. The molecule has 2 aromatic rings. The lowest BCUT2D eigenvalue weighted by molar-refractivity contribution is -0.124. The van der Waals surface area contributed by atoms with E-state index in [4.69, 9.17) is 49.0 Å². The van der Waals surface area contributed by atoms with E-state index in [-0.39, 0.29) is 31.5 Å². The highest BCUT2D eigenvalue weighted by Gasteiger charge is 2.27. The molecule has 1 atom stereocenters. The fourth-order valence-electron chi connectivity index (χ4n) is 2.83. The smallest absolute Gasteiger partial charge is 0.195 e. The van der Waals surface area contributed by atoms with Crippen molar-refractivity contribution in [2.75, 3.05) is 32.8 Å². The second kappa shape index (κ2) is 10.9. The number of methoxy groups -OCH3 is 1. The number of alkyl halides is 1. The van der Waals surface area contributed by atoms with Crippen LogP contribution in [-0.2, 0) is 14.9 Å². The van der Waals surface area contributed by atoms with Crippen molar-refractivity contribution in [3.05, 3.63) is 57.6 Å². The third kappa shape index (κ3) is 6.99. The Morgan fingerprint density at radius 1 is 0.968 bits per heavy atom. The van der Waals surface area contributed by atoms with E-state index in [0.717, 1.165) is 11.1 Å². The van der Waals surface area contributed by atoms with Crippen molar-refractivity contribution in [2.24, 2.45) is 0 Å². The Morgan fingerprint density at radius 2 is 1.55 bits per heavy atom. The normalized spacial score (nSPS) is 13.5. The van der Waals surface area contributed by atoms with E-state index in [1.54, 1.807) is 19.1 Å². The Morgan fingerprint density at radius 3 is 2.06 bits per heavy atom. The lowest BCUT2D eigenvalue weighted by Gasteiger charge is -2.28. The number of ketones is 1. The molecule has 0 radical (unpaired) electrons. The molecule has 0 aliphatic rings. The maximum absolute atomic E-state index is 11.5. The summed E-state index contributed by atoms with van der Waals surface area (Å²) in [5.41, 5.74) is 0.291. The third-order valence-corrected chi connectivity index (χ3v) is 5.95. The van der Waals surface area contributed by atoms with Gasteiger partial charge in [0.15, 0.2) is 11.5 Å². The van der Waals surface area contributed by atoms with Crippen LogP contribution in [0.4, 0.5) is 0 Å². The van der Waals surface area contributed by atoms with Crippen molar-refractivity contribution in [2.45, 2.75) is 31.8 Å². The lowest BCUT2D eigenvalue weighted by Crippen LogP contribution is -2.34. The molecular formula is C23H27Cl3O5. The van der Waals surface area contributed by atoms with Gasteiger partial charge in [-0.1, -0.05) is 49.2 Å². The number of hydrogen-bond acceptors (Lipinski definition) is 5. The average molecular weight is 490 g/mol. The molecule has 0 saturated heterocycles. The average Bonchev–Trinajstić information content (AvgIpc) is 2.72. The van der Waals surface area contributed by atoms with E-state index in [1.165, 1.54) is 7.11 Å². The van der Waals surface area contributed by atoms with Crippen molar-refractivity contribution < 1.29 is 24.1 Å². The second-order valence-corrected chi connectivity index (χ2v) is 9.18. The second-order valence-electron chi connectivity index (χ2n) is 8.10. The largest absolute Gasteiger partial charge is 0.487 e. The van der Waals surface area contributed by atoms with Gasteiger partial charge in [-0.25, -0.2) is 0 Å². The van der Waals surface area contributed by atoms with Gasteiger partial charge in [-0.15, -0.1) is 11.6 Å². The minimum atomic E-state index is -1.19. The van der Waals surface area contributed by atoms with Crippen LogP contribution in [0.25, 0.3) is 0 Å². The van der Waals surface area contributed by atoms with E-state index < -0.39 is 11.0 Å². The topological polar surface area (TPSA) is 65.0 Å². The number of ether oxygens (including phenoxy) is 3. The molecule has 2 rings (SSSR count). The zero-order chi connectivity index (χ0) is 23.2. The number of Topliss-reactive ketones (excluding diaryl/α,β-unsaturated/α-hetero) is 1. The molecule has 0 spiro atoms. The van der Waals surface area contributed by atoms with Gasteiger partial charge in [-0.05, 0) is 42.3 Å². The molecule has 0 bridgehead atoms. The van der Waals surface area contributed by atoms with Crippen LogP contribution >= 0.6 is 34.8 Å². The summed E-state index contributed by atoms with van der Waals surface area (Å²) in [6.45, 7) is 5.61. The van der Waals surface area contributed by atoms with Crippen LogP contribution in [0.3, 0.4) is 0 Å². The van der Waals surface area contributed by atoms with Crippen LogP contribution in [0.2, 0.25) is 10.0 Å². The highest BCUT2D eigenvalue weighted by atomic mass is 35.5. The number of rotatable bonds is 11. The predicted molar refractivity (Wildman–Crippen MR) is 124 cm³/mol. The van der Waals surface area contributed by atoms with Crippen LogP contribution in [0, 0.1) is 0 Å². The van der Waals surface area contributed by atoms with Crippen LogP contribution in [0.5, 0.6) is 11.5 Å². The zero-order valence-electron chi connectivity index (χ0n) is 18.0. The first kappa shape index (κ1) is 25.8. The first-order valence-electron chi connectivity index (χ1n) is 9.65. The van der Waals surface area contributed by atoms with Gasteiger partial charge >= 0.3 is 0 Å².